The van der Waals surface area contributed by atoms with Crippen molar-refractivity contribution >= 4 is 17.5 Å². The van der Waals surface area contributed by atoms with E-state index >= 15 is 0 Å². The molecular weight excluding hydrogens is 252 g/mol. The van der Waals surface area contributed by atoms with Gasteiger partial charge in [0.2, 0.25) is 0 Å². The van der Waals surface area contributed by atoms with E-state index in [9.17, 15) is 9.59 Å². The number of hydrogen-bond acceptors (Lipinski definition) is 2. The van der Waals surface area contributed by atoms with Crippen molar-refractivity contribution in [2.75, 3.05) is 11.9 Å². The second-order valence-corrected chi connectivity index (χ2v) is 5.72. The molecule has 110 valence electrons. The van der Waals surface area contributed by atoms with Crippen LogP contribution in [0.3, 0.4) is 0 Å². The molecule has 0 aromatic heterocycles. The van der Waals surface area contributed by atoms with E-state index in [0.717, 1.165) is 6.42 Å². The zero-order chi connectivity index (χ0) is 15.3. The number of benzene rings is 1. The maximum Gasteiger partial charge on any atom is 0.313 e. The number of rotatable bonds is 3. The summed E-state index contributed by atoms with van der Waals surface area (Å²) in [5.74, 6) is -1.09. The average Bonchev–Trinajstić information content (AvgIpc) is 2.38. The van der Waals surface area contributed by atoms with Crippen molar-refractivity contribution in [3.8, 4) is 0 Å². The molecule has 20 heavy (non-hydrogen) atoms. The van der Waals surface area contributed by atoms with Gasteiger partial charge in [0.15, 0.2) is 0 Å². The Morgan fingerprint density at radius 3 is 2.05 bits per heavy atom. The van der Waals surface area contributed by atoms with Crippen LogP contribution in [0.2, 0.25) is 0 Å². The Balaban J connectivity index is 2.76. The minimum Gasteiger partial charge on any atom is -0.330 e. The molecule has 4 heteroatoms. The fourth-order valence-electron chi connectivity index (χ4n) is 2.05. The van der Waals surface area contributed by atoms with Gasteiger partial charge in [-0.1, -0.05) is 19.1 Å². The summed E-state index contributed by atoms with van der Waals surface area (Å²) in [4.78, 5) is 25.7. The zero-order valence-electron chi connectivity index (χ0n) is 13.0. The SMILES string of the molecule is CCc1ccc(NC(=O)C(=O)N(CC)C(C)(C)C)cc1. The predicted molar refractivity (Wildman–Crippen MR) is 81.6 cm³/mol. The van der Waals surface area contributed by atoms with Gasteiger partial charge in [0.25, 0.3) is 0 Å². The zero-order valence-corrected chi connectivity index (χ0v) is 13.0. The summed E-state index contributed by atoms with van der Waals surface area (Å²) in [6.45, 7) is 10.2. The van der Waals surface area contributed by atoms with E-state index in [-0.39, 0.29) is 5.54 Å². The van der Waals surface area contributed by atoms with Gasteiger partial charge in [-0.15, -0.1) is 0 Å². The van der Waals surface area contributed by atoms with Crippen molar-refractivity contribution in [2.24, 2.45) is 0 Å². The molecule has 0 fully saturated rings. The van der Waals surface area contributed by atoms with E-state index in [1.54, 1.807) is 4.90 Å². The van der Waals surface area contributed by atoms with E-state index in [2.05, 4.69) is 12.2 Å². The lowest BCUT2D eigenvalue weighted by molar-refractivity contribution is -0.146. The lowest BCUT2D eigenvalue weighted by atomic mass is 10.1. The first-order valence-electron chi connectivity index (χ1n) is 7.01. The summed E-state index contributed by atoms with van der Waals surface area (Å²) in [5.41, 5.74) is 1.47. The van der Waals surface area contributed by atoms with Gasteiger partial charge in [-0.3, -0.25) is 9.59 Å². The molecule has 1 aromatic rings. The molecule has 0 saturated carbocycles. The molecule has 0 aliphatic rings. The lowest BCUT2D eigenvalue weighted by Crippen LogP contribution is -2.49. The Morgan fingerprint density at radius 1 is 1.10 bits per heavy atom. The van der Waals surface area contributed by atoms with Crippen molar-refractivity contribution in [1.82, 2.24) is 4.90 Å². The van der Waals surface area contributed by atoms with Crippen molar-refractivity contribution in [1.29, 1.82) is 0 Å². The molecular formula is C16H24N2O2. The topological polar surface area (TPSA) is 49.4 Å². The molecule has 1 rings (SSSR count). The van der Waals surface area contributed by atoms with Crippen LogP contribution >= 0.6 is 0 Å². The van der Waals surface area contributed by atoms with Crippen LogP contribution in [-0.4, -0.2) is 28.8 Å². The number of anilines is 1. The van der Waals surface area contributed by atoms with Crippen LogP contribution in [0.1, 0.15) is 40.2 Å². The Labute approximate surface area is 121 Å². The quantitative estimate of drug-likeness (QED) is 0.863. The molecule has 4 nitrogen and oxygen atoms in total. The molecule has 2 amide bonds. The summed E-state index contributed by atoms with van der Waals surface area (Å²) in [7, 11) is 0. The van der Waals surface area contributed by atoms with Crippen LogP contribution in [-0.2, 0) is 16.0 Å². The van der Waals surface area contributed by atoms with Crippen LogP contribution in [0.5, 0.6) is 0 Å². The molecule has 0 heterocycles. The van der Waals surface area contributed by atoms with Crippen LogP contribution in [0.15, 0.2) is 24.3 Å². The molecule has 0 bridgehead atoms. The Bertz CT molecular complexity index is 472. The van der Waals surface area contributed by atoms with Crippen molar-refractivity contribution < 1.29 is 9.59 Å². The summed E-state index contributed by atoms with van der Waals surface area (Å²) in [6.07, 6.45) is 0.945. The number of amides is 2. The third-order valence-electron chi connectivity index (χ3n) is 3.19. The molecule has 0 unspecified atom stereocenters. The number of nitrogens with one attached hydrogen (secondary N) is 1. The highest BCUT2D eigenvalue weighted by Gasteiger charge is 2.29. The fraction of sp³-hybridized carbons (Fsp3) is 0.500. The largest absolute Gasteiger partial charge is 0.330 e. The number of hydrogen-bond donors (Lipinski definition) is 1. The Kier molecular flexibility index (Phi) is 5.31. The van der Waals surface area contributed by atoms with Crippen molar-refractivity contribution in [3.05, 3.63) is 29.8 Å². The molecule has 0 spiro atoms. The van der Waals surface area contributed by atoms with Crippen LogP contribution in [0.4, 0.5) is 5.69 Å². The molecule has 0 saturated heterocycles. The van der Waals surface area contributed by atoms with Gasteiger partial charge in [-0.2, -0.15) is 0 Å². The minimum absolute atomic E-state index is 0.366. The van der Waals surface area contributed by atoms with Gasteiger partial charge in [0.05, 0.1) is 0 Å². The van der Waals surface area contributed by atoms with E-state index < -0.39 is 11.8 Å². The summed E-state index contributed by atoms with van der Waals surface area (Å²) < 4.78 is 0. The van der Waals surface area contributed by atoms with E-state index in [0.29, 0.717) is 12.2 Å². The van der Waals surface area contributed by atoms with E-state index in [4.69, 9.17) is 0 Å². The average molecular weight is 276 g/mol. The highest BCUT2D eigenvalue weighted by Crippen LogP contribution is 2.14. The number of aryl methyl sites for hydroxylation is 1. The summed E-state index contributed by atoms with van der Waals surface area (Å²) >= 11 is 0. The monoisotopic (exact) mass is 276 g/mol. The summed E-state index contributed by atoms with van der Waals surface area (Å²) in [5, 5.41) is 2.65. The highest BCUT2D eigenvalue weighted by molar-refractivity contribution is 6.39. The van der Waals surface area contributed by atoms with Gasteiger partial charge >= 0.3 is 11.8 Å². The number of nitrogens with zero attached hydrogens (tertiary/aromatic N) is 1. The standard InChI is InChI=1S/C16H24N2O2/c1-6-12-8-10-13(11-9-12)17-14(19)15(20)18(7-2)16(3,4)5/h8-11H,6-7H2,1-5H3,(H,17,19). The second kappa shape index (κ2) is 6.55. The van der Waals surface area contributed by atoms with Crippen LogP contribution < -0.4 is 5.32 Å². The van der Waals surface area contributed by atoms with Gasteiger partial charge in [0.1, 0.15) is 0 Å². The van der Waals surface area contributed by atoms with Crippen molar-refractivity contribution in [2.45, 2.75) is 46.6 Å². The normalized spacial score (nSPS) is 11.1. The molecule has 0 radical (unpaired) electrons. The first-order valence-corrected chi connectivity index (χ1v) is 7.01. The third-order valence-corrected chi connectivity index (χ3v) is 3.19. The van der Waals surface area contributed by atoms with E-state index in [1.807, 2.05) is 52.0 Å². The first kappa shape index (κ1) is 16.2. The molecule has 0 aliphatic heterocycles. The molecule has 0 aliphatic carbocycles. The number of carbonyl (C=O) groups is 2. The van der Waals surface area contributed by atoms with Gasteiger partial charge in [0, 0.05) is 17.8 Å². The van der Waals surface area contributed by atoms with Gasteiger partial charge in [-0.25, -0.2) is 0 Å². The molecule has 1 N–H and O–H groups in total. The number of carbonyl (C=O) groups excluding carboxylic acids is 2. The van der Waals surface area contributed by atoms with E-state index in [1.165, 1.54) is 5.56 Å². The van der Waals surface area contributed by atoms with Gasteiger partial charge in [-0.05, 0) is 51.8 Å². The maximum absolute atomic E-state index is 12.2. The third kappa shape index (κ3) is 4.08. The summed E-state index contributed by atoms with van der Waals surface area (Å²) in [6, 6.07) is 7.53. The predicted octanol–water partition coefficient (Wildman–Crippen LogP) is 2.83. The fourth-order valence-corrected chi connectivity index (χ4v) is 2.05. The first-order chi connectivity index (χ1) is 9.29. The highest BCUT2D eigenvalue weighted by atomic mass is 16.2. The van der Waals surface area contributed by atoms with Crippen LogP contribution in [0, 0.1) is 0 Å². The number of likely N-dealkylation sites (N-methyl/N-ethyl adjacent to an activating group) is 1. The Hall–Kier alpha value is -1.84. The smallest absolute Gasteiger partial charge is 0.313 e. The Morgan fingerprint density at radius 2 is 1.65 bits per heavy atom. The molecule has 0 atom stereocenters. The molecule has 1 aromatic carbocycles. The minimum atomic E-state index is -0.592. The van der Waals surface area contributed by atoms with Crippen LogP contribution in [0.25, 0.3) is 0 Å². The second-order valence-electron chi connectivity index (χ2n) is 5.72. The van der Waals surface area contributed by atoms with Crippen molar-refractivity contribution in [3.63, 3.8) is 0 Å². The maximum atomic E-state index is 12.2. The van der Waals surface area contributed by atoms with Gasteiger partial charge < -0.3 is 10.2 Å². The lowest BCUT2D eigenvalue weighted by Gasteiger charge is -2.34.